The summed E-state index contributed by atoms with van der Waals surface area (Å²) in [4.78, 5) is 0. The third kappa shape index (κ3) is 2.26. The van der Waals surface area contributed by atoms with Crippen LogP contribution in [-0.4, -0.2) is 13.2 Å². The molecule has 1 saturated heterocycles. The Balaban J connectivity index is 1.74. The Hall–Kier alpha value is -2.94. The van der Waals surface area contributed by atoms with Crippen molar-refractivity contribution in [2.24, 2.45) is 11.8 Å². The summed E-state index contributed by atoms with van der Waals surface area (Å²) < 4.78 is 13.6. The summed E-state index contributed by atoms with van der Waals surface area (Å²) in [5.74, 6) is 0.251. The molecule has 2 unspecified atom stereocenters. The fourth-order valence-electron chi connectivity index (χ4n) is 5.86. The molecule has 0 spiro atoms. The van der Waals surface area contributed by atoms with E-state index in [1.807, 2.05) is 0 Å². The van der Waals surface area contributed by atoms with Crippen LogP contribution in [0.2, 0.25) is 0 Å². The molecular formula is C28H24O2. The number of allylic oxidation sites excluding steroid dienone is 2. The minimum atomic E-state index is -0.536. The molecule has 6 rings (SSSR count). The lowest BCUT2D eigenvalue weighted by atomic mass is 9.54. The Labute approximate surface area is 177 Å². The van der Waals surface area contributed by atoms with Crippen molar-refractivity contribution in [3.63, 3.8) is 0 Å². The maximum absolute atomic E-state index is 6.81. The first-order valence-electron chi connectivity index (χ1n) is 10.7. The summed E-state index contributed by atoms with van der Waals surface area (Å²) in [6.07, 6.45) is 8.96. The van der Waals surface area contributed by atoms with E-state index in [9.17, 15) is 0 Å². The van der Waals surface area contributed by atoms with Crippen molar-refractivity contribution < 1.29 is 9.47 Å². The molecule has 3 aromatic carbocycles. The lowest BCUT2D eigenvalue weighted by Gasteiger charge is -2.58. The summed E-state index contributed by atoms with van der Waals surface area (Å²) in [5.41, 5.74) is 3.76. The molecule has 1 fully saturated rings. The van der Waals surface area contributed by atoms with E-state index >= 15 is 0 Å². The van der Waals surface area contributed by atoms with E-state index in [0.717, 1.165) is 0 Å². The molecule has 4 atom stereocenters. The number of ether oxygens (including phenoxy) is 2. The normalized spacial score (nSPS) is 31.5. The summed E-state index contributed by atoms with van der Waals surface area (Å²) in [5, 5.41) is 0. The van der Waals surface area contributed by atoms with Gasteiger partial charge in [-0.3, -0.25) is 0 Å². The molecule has 1 heterocycles. The first-order chi connectivity index (χ1) is 14.9. The van der Waals surface area contributed by atoms with Crippen LogP contribution in [0.5, 0.6) is 0 Å². The quantitative estimate of drug-likeness (QED) is 0.566. The molecule has 3 aliphatic rings. The highest BCUT2D eigenvalue weighted by molar-refractivity contribution is 5.55. The van der Waals surface area contributed by atoms with Crippen LogP contribution >= 0.6 is 0 Å². The van der Waals surface area contributed by atoms with Crippen molar-refractivity contribution >= 4 is 0 Å². The van der Waals surface area contributed by atoms with Gasteiger partial charge in [0, 0.05) is 11.8 Å². The van der Waals surface area contributed by atoms with E-state index < -0.39 is 11.2 Å². The number of hydrogen-bond acceptors (Lipinski definition) is 2. The molecule has 30 heavy (non-hydrogen) atoms. The van der Waals surface area contributed by atoms with Gasteiger partial charge in [0.1, 0.15) is 11.2 Å². The van der Waals surface area contributed by atoms with Gasteiger partial charge in [-0.2, -0.15) is 0 Å². The van der Waals surface area contributed by atoms with Gasteiger partial charge >= 0.3 is 0 Å². The molecule has 3 aromatic rings. The first kappa shape index (κ1) is 17.9. The SMILES string of the molecule is C1=CC2C(C=C1)[C@@]1(c3ccccc3)OCCO[C@]2(c2ccccc2)c2ccccc21. The predicted molar refractivity (Wildman–Crippen MR) is 118 cm³/mol. The van der Waals surface area contributed by atoms with Crippen LogP contribution in [0.1, 0.15) is 22.3 Å². The van der Waals surface area contributed by atoms with Gasteiger partial charge in [0.15, 0.2) is 0 Å². The van der Waals surface area contributed by atoms with Crippen molar-refractivity contribution in [2.75, 3.05) is 13.2 Å². The zero-order chi connectivity index (χ0) is 20.0. The Kier molecular flexibility index (Phi) is 4.05. The number of benzene rings is 3. The molecular weight excluding hydrogens is 368 g/mol. The second-order valence-corrected chi connectivity index (χ2v) is 8.27. The monoisotopic (exact) mass is 392 g/mol. The van der Waals surface area contributed by atoms with Crippen LogP contribution in [0.25, 0.3) is 0 Å². The largest absolute Gasteiger partial charge is 0.362 e. The molecule has 2 aliphatic carbocycles. The van der Waals surface area contributed by atoms with E-state index in [1.54, 1.807) is 0 Å². The minimum absolute atomic E-state index is 0.125. The molecule has 148 valence electrons. The van der Waals surface area contributed by atoms with Crippen molar-refractivity contribution in [1.29, 1.82) is 0 Å². The summed E-state index contributed by atoms with van der Waals surface area (Å²) in [7, 11) is 0. The van der Waals surface area contributed by atoms with Gasteiger partial charge in [0.2, 0.25) is 0 Å². The lowest BCUT2D eigenvalue weighted by Crippen LogP contribution is -2.58. The smallest absolute Gasteiger partial charge is 0.125 e. The van der Waals surface area contributed by atoms with Gasteiger partial charge in [-0.15, -0.1) is 0 Å². The Morgan fingerprint density at radius 2 is 0.933 bits per heavy atom. The van der Waals surface area contributed by atoms with E-state index in [1.165, 1.54) is 22.3 Å². The highest BCUT2D eigenvalue weighted by atomic mass is 16.6. The van der Waals surface area contributed by atoms with Crippen LogP contribution in [0.4, 0.5) is 0 Å². The van der Waals surface area contributed by atoms with Crippen LogP contribution in [0.3, 0.4) is 0 Å². The minimum Gasteiger partial charge on any atom is -0.362 e. The van der Waals surface area contributed by atoms with Gasteiger partial charge in [0.05, 0.1) is 13.2 Å². The Morgan fingerprint density at radius 3 is 1.37 bits per heavy atom. The molecule has 2 bridgehead atoms. The van der Waals surface area contributed by atoms with Gasteiger partial charge in [-0.05, 0) is 22.3 Å². The number of fused-ring (bicyclic) bond motifs is 3. The molecule has 0 amide bonds. The topological polar surface area (TPSA) is 18.5 Å². The number of hydrogen-bond donors (Lipinski definition) is 0. The van der Waals surface area contributed by atoms with Crippen LogP contribution in [-0.2, 0) is 20.7 Å². The average molecular weight is 392 g/mol. The van der Waals surface area contributed by atoms with E-state index in [4.69, 9.17) is 9.47 Å². The molecule has 2 nitrogen and oxygen atoms in total. The molecule has 0 radical (unpaired) electrons. The predicted octanol–water partition coefficient (Wildman–Crippen LogP) is 5.59. The first-order valence-corrected chi connectivity index (χ1v) is 10.7. The number of rotatable bonds is 2. The zero-order valence-electron chi connectivity index (χ0n) is 16.8. The van der Waals surface area contributed by atoms with Crippen molar-refractivity contribution in [3.8, 4) is 0 Å². The van der Waals surface area contributed by atoms with Crippen molar-refractivity contribution in [1.82, 2.24) is 0 Å². The van der Waals surface area contributed by atoms with E-state index in [2.05, 4.69) is 109 Å². The molecule has 0 N–H and O–H groups in total. The standard InChI is InChI=1S/C28H24O2/c1-3-11-21(12-4-1)27-23-15-7-9-17-25(23)28(30-20-19-29-27,22-13-5-2-6-14-22)26-18-10-8-16-24(26)27/h1-18,23,25H,19-20H2/t23?,25?,27-,28+. The maximum atomic E-state index is 6.81. The van der Waals surface area contributed by atoms with Gasteiger partial charge in [-0.25, -0.2) is 0 Å². The van der Waals surface area contributed by atoms with Gasteiger partial charge < -0.3 is 9.47 Å². The van der Waals surface area contributed by atoms with Crippen LogP contribution in [0.15, 0.2) is 109 Å². The Morgan fingerprint density at radius 1 is 0.533 bits per heavy atom. The molecule has 0 saturated carbocycles. The highest BCUT2D eigenvalue weighted by Gasteiger charge is 2.61. The van der Waals surface area contributed by atoms with Gasteiger partial charge in [0.25, 0.3) is 0 Å². The molecule has 1 aliphatic heterocycles. The van der Waals surface area contributed by atoms with Crippen molar-refractivity contribution in [2.45, 2.75) is 11.2 Å². The second kappa shape index (κ2) is 6.80. The molecule has 2 heteroatoms. The highest BCUT2D eigenvalue weighted by Crippen LogP contribution is 2.61. The Bertz CT molecular complexity index is 1030. The van der Waals surface area contributed by atoms with Gasteiger partial charge in [-0.1, -0.05) is 109 Å². The fourth-order valence-corrected chi connectivity index (χ4v) is 5.86. The van der Waals surface area contributed by atoms with E-state index in [-0.39, 0.29) is 11.8 Å². The van der Waals surface area contributed by atoms with E-state index in [0.29, 0.717) is 13.2 Å². The lowest BCUT2D eigenvalue weighted by molar-refractivity contribution is -0.182. The van der Waals surface area contributed by atoms with Crippen LogP contribution in [0, 0.1) is 11.8 Å². The van der Waals surface area contributed by atoms with Crippen molar-refractivity contribution in [3.05, 3.63) is 131 Å². The summed E-state index contributed by atoms with van der Waals surface area (Å²) >= 11 is 0. The zero-order valence-corrected chi connectivity index (χ0v) is 16.8. The summed E-state index contributed by atoms with van der Waals surface area (Å²) in [6, 6.07) is 30.1. The third-order valence-electron chi connectivity index (χ3n) is 6.95. The van der Waals surface area contributed by atoms with Crippen LogP contribution < -0.4 is 0 Å². The third-order valence-corrected chi connectivity index (χ3v) is 6.95. The molecule has 0 aromatic heterocycles. The summed E-state index contributed by atoms with van der Waals surface area (Å²) in [6.45, 7) is 1.11. The maximum Gasteiger partial charge on any atom is 0.125 e. The second-order valence-electron chi connectivity index (χ2n) is 8.27. The average Bonchev–Trinajstić information content (AvgIpc) is 2.81. The fraction of sp³-hybridized carbons (Fsp3) is 0.214.